The molecule has 1 aromatic carbocycles. The number of hydrogen-bond acceptors (Lipinski definition) is 5. The van der Waals surface area contributed by atoms with Gasteiger partial charge in [-0.25, -0.2) is 0 Å². The second-order valence-electron chi connectivity index (χ2n) is 4.86. The molecule has 0 saturated carbocycles. The monoisotopic (exact) mass is 297 g/mol. The number of imide groups is 1. The van der Waals surface area contributed by atoms with E-state index < -0.39 is 10.1 Å². The van der Waals surface area contributed by atoms with Crippen molar-refractivity contribution in [2.75, 3.05) is 19.4 Å². The number of nitrogens with zero attached hydrogens (tertiary/aromatic N) is 1. The highest BCUT2D eigenvalue weighted by molar-refractivity contribution is 7.85. The Morgan fingerprint density at radius 2 is 1.65 bits per heavy atom. The first kappa shape index (κ1) is 14.7. The van der Waals surface area contributed by atoms with Crippen LogP contribution in [-0.2, 0) is 14.3 Å². The van der Waals surface area contributed by atoms with Crippen molar-refractivity contribution in [3.63, 3.8) is 0 Å². The van der Waals surface area contributed by atoms with E-state index >= 15 is 0 Å². The van der Waals surface area contributed by atoms with Crippen LogP contribution in [0.4, 0.5) is 0 Å². The van der Waals surface area contributed by atoms with Gasteiger partial charge in [-0.2, -0.15) is 8.42 Å². The predicted molar refractivity (Wildman–Crippen MR) is 71.8 cm³/mol. The summed E-state index contributed by atoms with van der Waals surface area (Å²) < 4.78 is 26.5. The smallest absolute Gasteiger partial charge is 0.264 e. The Labute approximate surface area is 117 Å². The Kier molecular flexibility index (Phi) is 3.92. The summed E-state index contributed by atoms with van der Waals surface area (Å²) in [5.74, 6) is -0.972. The maximum absolute atomic E-state index is 12.1. The van der Waals surface area contributed by atoms with Crippen LogP contribution < -0.4 is 0 Å². The van der Waals surface area contributed by atoms with Crippen molar-refractivity contribution in [2.24, 2.45) is 5.92 Å². The Morgan fingerprint density at radius 3 is 2.10 bits per heavy atom. The first-order chi connectivity index (χ1) is 9.29. The van der Waals surface area contributed by atoms with Crippen molar-refractivity contribution in [3.05, 3.63) is 35.4 Å². The molecule has 108 valence electrons. The second kappa shape index (κ2) is 5.34. The highest BCUT2D eigenvalue weighted by atomic mass is 32.2. The minimum Gasteiger partial charge on any atom is -0.274 e. The molecule has 2 rings (SSSR count). The molecule has 0 radical (unpaired) electrons. The average Bonchev–Trinajstić information content (AvgIpc) is 2.62. The number of fused-ring (bicyclic) bond motifs is 1. The summed E-state index contributed by atoms with van der Waals surface area (Å²) in [5.41, 5.74) is 0.766. The molecule has 0 unspecified atom stereocenters. The van der Waals surface area contributed by atoms with Gasteiger partial charge in [0.2, 0.25) is 0 Å². The van der Waals surface area contributed by atoms with Crippen molar-refractivity contribution < 1.29 is 22.2 Å². The molecule has 1 atom stereocenters. The summed E-state index contributed by atoms with van der Waals surface area (Å²) in [7, 11) is -3.52. The Morgan fingerprint density at radius 1 is 1.15 bits per heavy atom. The molecule has 20 heavy (non-hydrogen) atoms. The van der Waals surface area contributed by atoms with Gasteiger partial charge >= 0.3 is 0 Å². The molecule has 6 nitrogen and oxygen atoms in total. The van der Waals surface area contributed by atoms with Gasteiger partial charge in [-0.05, 0) is 18.1 Å². The standard InChI is InChI=1S/C13H15NO5S/c1-9(8-19-20(2,17)18)7-14-12(15)10-5-3-4-6-11(10)13(14)16/h3-6,9H,7-8H2,1-2H3/t9-/m1/s1. The zero-order chi connectivity index (χ0) is 14.9. The van der Waals surface area contributed by atoms with E-state index in [-0.39, 0.29) is 30.9 Å². The topological polar surface area (TPSA) is 80.8 Å². The second-order valence-corrected chi connectivity index (χ2v) is 6.50. The van der Waals surface area contributed by atoms with Crippen LogP contribution in [0.25, 0.3) is 0 Å². The summed E-state index contributed by atoms with van der Waals surface area (Å²) in [5, 5.41) is 0. The molecule has 1 aliphatic heterocycles. The van der Waals surface area contributed by atoms with Gasteiger partial charge in [-0.15, -0.1) is 0 Å². The van der Waals surface area contributed by atoms with Crippen molar-refractivity contribution in [3.8, 4) is 0 Å². The van der Waals surface area contributed by atoms with E-state index in [2.05, 4.69) is 4.18 Å². The van der Waals surface area contributed by atoms with Gasteiger partial charge < -0.3 is 0 Å². The summed E-state index contributed by atoms with van der Waals surface area (Å²) in [4.78, 5) is 25.3. The number of hydrogen-bond donors (Lipinski definition) is 0. The maximum atomic E-state index is 12.1. The fraction of sp³-hybridized carbons (Fsp3) is 0.385. The van der Waals surface area contributed by atoms with Crippen LogP contribution in [0.5, 0.6) is 0 Å². The van der Waals surface area contributed by atoms with Crippen LogP contribution >= 0.6 is 0 Å². The SMILES string of the molecule is C[C@@H](COS(C)(=O)=O)CN1C(=O)c2ccccc2C1=O. The predicted octanol–water partition coefficient (Wildman–Crippen LogP) is 0.895. The molecule has 0 aliphatic carbocycles. The van der Waals surface area contributed by atoms with E-state index in [4.69, 9.17) is 0 Å². The van der Waals surface area contributed by atoms with Crippen LogP contribution in [-0.4, -0.2) is 44.5 Å². The van der Waals surface area contributed by atoms with E-state index in [0.29, 0.717) is 11.1 Å². The van der Waals surface area contributed by atoms with Crippen LogP contribution in [0.2, 0.25) is 0 Å². The van der Waals surface area contributed by atoms with Crippen LogP contribution in [0, 0.1) is 5.92 Å². The summed E-state index contributed by atoms with van der Waals surface area (Å²) >= 11 is 0. The van der Waals surface area contributed by atoms with Crippen LogP contribution in [0.1, 0.15) is 27.6 Å². The number of benzene rings is 1. The number of carbonyl (C=O) groups excluding carboxylic acids is 2. The average molecular weight is 297 g/mol. The lowest BCUT2D eigenvalue weighted by Gasteiger charge is -2.18. The fourth-order valence-corrected chi connectivity index (χ4v) is 2.49. The first-order valence-corrected chi connectivity index (χ1v) is 7.91. The van der Waals surface area contributed by atoms with Crippen molar-refractivity contribution >= 4 is 21.9 Å². The maximum Gasteiger partial charge on any atom is 0.264 e. The molecule has 0 bridgehead atoms. The van der Waals surface area contributed by atoms with E-state index in [1.807, 2.05) is 0 Å². The van der Waals surface area contributed by atoms with E-state index in [1.165, 1.54) is 0 Å². The lowest BCUT2D eigenvalue weighted by atomic mass is 10.1. The van der Waals surface area contributed by atoms with Gasteiger partial charge in [0.05, 0.1) is 24.0 Å². The Balaban J connectivity index is 2.05. The van der Waals surface area contributed by atoms with Gasteiger partial charge in [0.15, 0.2) is 0 Å². The Hall–Kier alpha value is -1.73. The highest BCUT2D eigenvalue weighted by Crippen LogP contribution is 2.23. The minimum atomic E-state index is -3.52. The highest BCUT2D eigenvalue weighted by Gasteiger charge is 2.35. The van der Waals surface area contributed by atoms with Gasteiger partial charge in [0.25, 0.3) is 21.9 Å². The van der Waals surface area contributed by atoms with Gasteiger partial charge in [0.1, 0.15) is 0 Å². The molecule has 0 fully saturated rings. The lowest BCUT2D eigenvalue weighted by molar-refractivity contribution is 0.0620. The normalized spacial score (nSPS) is 16.4. The molecule has 1 aromatic rings. The van der Waals surface area contributed by atoms with Gasteiger partial charge in [-0.1, -0.05) is 19.1 Å². The molecule has 1 heterocycles. The van der Waals surface area contributed by atoms with Crippen molar-refractivity contribution in [1.82, 2.24) is 4.90 Å². The lowest BCUT2D eigenvalue weighted by Crippen LogP contribution is -2.35. The third-order valence-electron chi connectivity index (χ3n) is 2.94. The third-order valence-corrected chi connectivity index (χ3v) is 3.50. The zero-order valence-corrected chi connectivity index (χ0v) is 12.0. The molecule has 0 spiro atoms. The number of amides is 2. The van der Waals surface area contributed by atoms with Crippen LogP contribution in [0.3, 0.4) is 0 Å². The molecular formula is C13H15NO5S. The summed E-state index contributed by atoms with van der Waals surface area (Å²) in [6, 6.07) is 6.61. The van der Waals surface area contributed by atoms with Crippen molar-refractivity contribution in [2.45, 2.75) is 6.92 Å². The number of carbonyl (C=O) groups is 2. The quantitative estimate of drug-likeness (QED) is 0.595. The first-order valence-electron chi connectivity index (χ1n) is 6.09. The molecule has 2 amide bonds. The molecule has 1 aliphatic rings. The Bertz CT molecular complexity index is 617. The zero-order valence-electron chi connectivity index (χ0n) is 11.2. The molecule has 0 aromatic heterocycles. The molecule has 7 heteroatoms. The van der Waals surface area contributed by atoms with Gasteiger partial charge in [-0.3, -0.25) is 18.7 Å². The third kappa shape index (κ3) is 3.05. The van der Waals surface area contributed by atoms with E-state index in [0.717, 1.165) is 11.2 Å². The largest absolute Gasteiger partial charge is 0.274 e. The van der Waals surface area contributed by atoms with E-state index in [1.54, 1.807) is 31.2 Å². The number of rotatable bonds is 5. The minimum absolute atomic E-state index is 0.0633. The molecule has 0 saturated heterocycles. The van der Waals surface area contributed by atoms with E-state index in [9.17, 15) is 18.0 Å². The molecular weight excluding hydrogens is 282 g/mol. The fourth-order valence-electron chi connectivity index (χ4n) is 2.01. The van der Waals surface area contributed by atoms with Gasteiger partial charge in [0, 0.05) is 6.54 Å². The summed E-state index contributed by atoms with van der Waals surface area (Å²) in [6.45, 7) is 1.78. The van der Waals surface area contributed by atoms with Crippen LogP contribution in [0.15, 0.2) is 24.3 Å². The van der Waals surface area contributed by atoms with Crippen molar-refractivity contribution in [1.29, 1.82) is 0 Å². The summed E-state index contributed by atoms with van der Waals surface area (Å²) in [6.07, 6.45) is 0.960. The molecule has 0 N–H and O–H groups in total.